The number of aromatic nitrogens is 1. The van der Waals surface area contributed by atoms with Gasteiger partial charge in [-0.1, -0.05) is 41.5 Å². The summed E-state index contributed by atoms with van der Waals surface area (Å²) in [7, 11) is 0. The third kappa shape index (κ3) is 9.51. The largest absolute Gasteiger partial charge is 0.384 e. The molecule has 1 fully saturated rings. The second kappa shape index (κ2) is 16.3. The van der Waals surface area contributed by atoms with Gasteiger partial charge in [-0.2, -0.15) is 0 Å². The summed E-state index contributed by atoms with van der Waals surface area (Å²) in [5, 5.41) is 0. The second-order valence-corrected chi connectivity index (χ2v) is 6.25. The molecule has 0 radical (unpaired) electrons. The Morgan fingerprint density at radius 1 is 1.11 bits per heavy atom. The van der Waals surface area contributed by atoms with Crippen LogP contribution in [0.3, 0.4) is 0 Å². The van der Waals surface area contributed by atoms with Crippen LogP contribution in [-0.4, -0.2) is 61.6 Å². The van der Waals surface area contributed by atoms with E-state index in [9.17, 15) is 4.79 Å². The lowest BCUT2D eigenvalue weighted by Gasteiger charge is -2.26. The minimum Gasteiger partial charge on any atom is -0.384 e. The zero-order chi connectivity index (χ0) is 21.4. The highest BCUT2D eigenvalue weighted by molar-refractivity contribution is 5.95. The van der Waals surface area contributed by atoms with Gasteiger partial charge in [-0.3, -0.25) is 9.69 Å². The molecule has 2 heterocycles. The first kappa shape index (κ1) is 26.3. The monoisotopic (exact) mass is 394 g/mol. The van der Waals surface area contributed by atoms with Crippen molar-refractivity contribution in [2.75, 3.05) is 56.6 Å². The van der Waals surface area contributed by atoms with Gasteiger partial charge in [0, 0.05) is 50.9 Å². The van der Waals surface area contributed by atoms with E-state index in [2.05, 4.69) is 28.6 Å². The molecular weight excluding hydrogens is 352 g/mol. The lowest BCUT2D eigenvalue weighted by Crippen LogP contribution is -2.37. The molecule has 0 spiro atoms. The van der Waals surface area contributed by atoms with Crippen molar-refractivity contribution < 1.29 is 9.53 Å². The summed E-state index contributed by atoms with van der Waals surface area (Å²) in [5.74, 6) is 0.474. The Balaban J connectivity index is 0.00000171. The summed E-state index contributed by atoms with van der Waals surface area (Å²) in [6.45, 7) is 18.3. The topological polar surface area (TPSA) is 71.7 Å². The number of rotatable bonds is 9. The molecule has 6 nitrogen and oxygen atoms in total. The van der Waals surface area contributed by atoms with E-state index in [-0.39, 0.29) is 5.78 Å². The van der Waals surface area contributed by atoms with E-state index in [0.717, 1.165) is 64.5 Å². The van der Waals surface area contributed by atoms with Crippen LogP contribution in [0.4, 0.5) is 11.5 Å². The maximum absolute atomic E-state index is 12.5. The van der Waals surface area contributed by atoms with Gasteiger partial charge in [0.25, 0.3) is 0 Å². The zero-order valence-electron chi connectivity index (χ0n) is 19.0. The highest BCUT2D eigenvalue weighted by Gasteiger charge is 2.16. The van der Waals surface area contributed by atoms with Gasteiger partial charge in [0.1, 0.15) is 11.5 Å². The number of carbonyl (C=O) groups excluding carboxylic acids is 1. The van der Waals surface area contributed by atoms with Crippen LogP contribution < -0.4 is 10.6 Å². The van der Waals surface area contributed by atoms with E-state index in [1.165, 1.54) is 0 Å². The number of ether oxygens (including phenoxy) is 1. The number of nitrogen functional groups attached to an aromatic ring is 1. The molecule has 1 aromatic rings. The van der Waals surface area contributed by atoms with Crippen molar-refractivity contribution in [3.05, 3.63) is 17.8 Å². The van der Waals surface area contributed by atoms with E-state index in [1.807, 2.05) is 39.8 Å². The third-order valence-electron chi connectivity index (χ3n) is 4.23. The van der Waals surface area contributed by atoms with Crippen molar-refractivity contribution in [2.24, 2.45) is 0 Å². The summed E-state index contributed by atoms with van der Waals surface area (Å²) in [6, 6.07) is 3.76. The van der Waals surface area contributed by atoms with Gasteiger partial charge >= 0.3 is 0 Å². The minimum absolute atomic E-state index is 0.0583. The van der Waals surface area contributed by atoms with Crippen LogP contribution >= 0.6 is 0 Å². The standard InChI is InChI=1S/C18H30N4O2.2C2H6/c1-3-6-22(7-4-2)15-13-16(20-18(19)14-15)17(23)5-8-21-9-11-24-12-10-21;2*1-2/h13-14H,3-12H2,1-2H3,(H2,19,20);2*1-2H3. The first-order valence-electron chi connectivity index (χ1n) is 11.0. The minimum atomic E-state index is 0.0583. The molecule has 6 heteroatoms. The molecule has 2 N–H and O–H groups in total. The van der Waals surface area contributed by atoms with Crippen LogP contribution in [0, 0.1) is 0 Å². The molecule has 0 bridgehead atoms. The number of carbonyl (C=O) groups is 1. The van der Waals surface area contributed by atoms with Crippen molar-refractivity contribution >= 4 is 17.3 Å². The highest BCUT2D eigenvalue weighted by atomic mass is 16.5. The smallest absolute Gasteiger partial charge is 0.182 e. The molecule has 0 unspecified atom stereocenters. The molecule has 0 saturated carbocycles. The zero-order valence-corrected chi connectivity index (χ0v) is 19.0. The van der Waals surface area contributed by atoms with E-state index in [4.69, 9.17) is 10.5 Å². The molecule has 1 aromatic heterocycles. The number of Topliss-reactive ketones (excluding diaryl/α,β-unsaturated/α-hetero) is 1. The Kier molecular flexibility index (Phi) is 15.3. The molecule has 0 aliphatic carbocycles. The molecule has 1 saturated heterocycles. The average molecular weight is 395 g/mol. The van der Waals surface area contributed by atoms with Gasteiger partial charge in [-0.15, -0.1) is 0 Å². The van der Waals surface area contributed by atoms with E-state index in [0.29, 0.717) is 17.9 Å². The lowest BCUT2D eigenvalue weighted by atomic mass is 10.1. The van der Waals surface area contributed by atoms with Crippen molar-refractivity contribution in [1.29, 1.82) is 0 Å². The fraction of sp³-hybridized carbons (Fsp3) is 0.727. The number of anilines is 2. The molecule has 2 rings (SSSR count). The van der Waals surface area contributed by atoms with Crippen molar-refractivity contribution in [1.82, 2.24) is 9.88 Å². The van der Waals surface area contributed by atoms with Gasteiger partial charge in [-0.25, -0.2) is 4.98 Å². The Bertz CT molecular complexity index is 525. The summed E-state index contributed by atoms with van der Waals surface area (Å²) >= 11 is 0. The third-order valence-corrected chi connectivity index (χ3v) is 4.23. The number of nitrogens with zero attached hydrogens (tertiary/aromatic N) is 3. The van der Waals surface area contributed by atoms with Crippen LogP contribution in [0.25, 0.3) is 0 Å². The van der Waals surface area contributed by atoms with Crippen LogP contribution in [-0.2, 0) is 4.74 Å². The first-order chi connectivity index (χ1) is 13.6. The van der Waals surface area contributed by atoms with Gasteiger partial charge in [-0.05, 0) is 18.9 Å². The van der Waals surface area contributed by atoms with Gasteiger partial charge < -0.3 is 15.4 Å². The Morgan fingerprint density at radius 3 is 2.21 bits per heavy atom. The maximum atomic E-state index is 12.5. The molecule has 0 atom stereocenters. The number of pyridine rings is 1. The Morgan fingerprint density at radius 2 is 1.68 bits per heavy atom. The molecule has 1 aliphatic rings. The normalized spacial score (nSPS) is 13.6. The second-order valence-electron chi connectivity index (χ2n) is 6.25. The van der Waals surface area contributed by atoms with Crippen LogP contribution in [0.15, 0.2) is 12.1 Å². The fourth-order valence-corrected chi connectivity index (χ4v) is 2.98. The molecule has 0 aromatic carbocycles. The van der Waals surface area contributed by atoms with E-state index < -0.39 is 0 Å². The molecule has 28 heavy (non-hydrogen) atoms. The summed E-state index contributed by atoms with van der Waals surface area (Å²) in [6.07, 6.45) is 2.59. The summed E-state index contributed by atoms with van der Waals surface area (Å²) in [5.41, 5.74) is 7.43. The molecular formula is C22H42N4O2. The number of nitrogens with two attached hydrogens (primary N) is 1. The van der Waals surface area contributed by atoms with E-state index in [1.54, 1.807) is 0 Å². The van der Waals surface area contributed by atoms with Crippen LogP contribution in [0.2, 0.25) is 0 Å². The highest BCUT2D eigenvalue weighted by Crippen LogP contribution is 2.20. The summed E-state index contributed by atoms with van der Waals surface area (Å²) in [4.78, 5) is 21.3. The molecule has 0 amide bonds. The van der Waals surface area contributed by atoms with Gasteiger partial charge in [0.15, 0.2) is 5.78 Å². The van der Waals surface area contributed by atoms with E-state index >= 15 is 0 Å². The van der Waals surface area contributed by atoms with Crippen molar-refractivity contribution in [2.45, 2.75) is 60.8 Å². The number of morpholine rings is 1. The van der Waals surface area contributed by atoms with Crippen molar-refractivity contribution in [3.63, 3.8) is 0 Å². The van der Waals surface area contributed by atoms with Crippen LogP contribution in [0.5, 0.6) is 0 Å². The number of ketones is 1. The Hall–Kier alpha value is -1.66. The molecule has 162 valence electrons. The number of hydrogen-bond donors (Lipinski definition) is 1. The fourth-order valence-electron chi connectivity index (χ4n) is 2.98. The van der Waals surface area contributed by atoms with Crippen molar-refractivity contribution in [3.8, 4) is 0 Å². The lowest BCUT2D eigenvalue weighted by molar-refractivity contribution is 0.0369. The van der Waals surface area contributed by atoms with Gasteiger partial charge in [0.2, 0.25) is 0 Å². The quantitative estimate of drug-likeness (QED) is 0.631. The summed E-state index contributed by atoms with van der Waals surface area (Å²) < 4.78 is 5.33. The first-order valence-corrected chi connectivity index (χ1v) is 11.0. The van der Waals surface area contributed by atoms with Crippen LogP contribution in [0.1, 0.15) is 71.3 Å². The average Bonchev–Trinajstić information content (AvgIpc) is 2.75. The molecule has 1 aliphatic heterocycles. The number of hydrogen-bond acceptors (Lipinski definition) is 6. The maximum Gasteiger partial charge on any atom is 0.182 e. The predicted molar refractivity (Wildman–Crippen MR) is 120 cm³/mol. The Labute approximate surface area is 172 Å². The SMILES string of the molecule is CC.CC.CCCN(CCC)c1cc(N)nc(C(=O)CCN2CCOCC2)c1. The predicted octanol–water partition coefficient (Wildman–Crippen LogP) is 4.25. The van der Waals surface area contributed by atoms with Gasteiger partial charge in [0.05, 0.1) is 13.2 Å².